The topological polar surface area (TPSA) is 15.3 Å². The summed E-state index contributed by atoms with van der Waals surface area (Å²) in [5.41, 5.74) is 3.12. The van der Waals surface area contributed by atoms with Crippen molar-refractivity contribution in [3.05, 3.63) is 35.4 Å². The van der Waals surface area contributed by atoms with Crippen LogP contribution in [0.15, 0.2) is 24.3 Å². The van der Waals surface area contributed by atoms with Crippen LogP contribution in [0.25, 0.3) is 0 Å². The Labute approximate surface area is 111 Å². The van der Waals surface area contributed by atoms with E-state index in [9.17, 15) is 0 Å². The summed E-state index contributed by atoms with van der Waals surface area (Å²) in [5, 5.41) is 3.48. The van der Waals surface area contributed by atoms with E-state index in [-0.39, 0.29) is 0 Å². The summed E-state index contributed by atoms with van der Waals surface area (Å²) >= 11 is 0. The minimum atomic E-state index is 1.16. The van der Waals surface area contributed by atoms with Crippen molar-refractivity contribution < 1.29 is 0 Å². The van der Waals surface area contributed by atoms with Crippen molar-refractivity contribution in [2.75, 3.05) is 32.7 Å². The van der Waals surface area contributed by atoms with Crippen LogP contribution in [0.2, 0.25) is 0 Å². The van der Waals surface area contributed by atoms with Crippen LogP contribution in [0.4, 0.5) is 0 Å². The summed E-state index contributed by atoms with van der Waals surface area (Å²) in [7, 11) is 0. The molecule has 0 atom stereocenters. The first kappa shape index (κ1) is 13.6. The van der Waals surface area contributed by atoms with Gasteiger partial charge in [0.25, 0.3) is 0 Å². The molecule has 0 spiro atoms. The zero-order valence-electron chi connectivity index (χ0n) is 11.6. The van der Waals surface area contributed by atoms with E-state index in [2.05, 4.69) is 41.4 Å². The highest BCUT2D eigenvalue weighted by atomic mass is 15.1. The van der Waals surface area contributed by atoms with E-state index in [4.69, 9.17) is 0 Å². The quantitative estimate of drug-likeness (QED) is 0.776. The van der Waals surface area contributed by atoms with Crippen LogP contribution in [-0.2, 0) is 12.8 Å². The van der Waals surface area contributed by atoms with Gasteiger partial charge in [-0.1, -0.05) is 31.2 Å². The van der Waals surface area contributed by atoms with Gasteiger partial charge in [0, 0.05) is 13.1 Å². The second kappa shape index (κ2) is 7.55. The molecule has 0 saturated heterocycles. The second-order valence-electron chi connectivity index (χ2n) is 5.21. The highest BCUT2D eigenvalue weighted by Crippen LogP contribution is 2.15. The van der Waals surface area contributed by atoms with Crippen LogP contribution in [0.3, 0.4) is 0 Å². The Morgan fingerprint density at radius 3 is 2.33 bits per heavy atom. The molecule has 1 aromatic carbocycles. The molecule has 0 unspecified atom stereocenters. The molecule has 1 aliphatic rings. The van der Waals surface area contributed by atoms with Gasteiger partial charge in [-0.15, -0.1) is 0 Å². The van der Waals surface area contributed by atoms with Crippen molar-refractivity contribution in [1.82, 2.24) is 10.2 Å². The molecule has 2 rings (SSSR count). The van der Waals surface area contributed by atoms with Gasteiger partial charge in [-0.3, -0.25) is 0 Å². The molecule has 0 bridgehead atoms. The number of nitrogens with one attached hydrogen (secondary N) is 1. The van der Waals surface area contributed by atoms with E-state index in [1.54, 1.807) is 11.1 Å². The Kier molecular flexibility index (Phi) is 5.69. The predicted octanol–water partition coefficient (Wildman–Crippen LogP) is 2.48. The largest absolute Gasteiger partial charge is 0.317 e. The van der Waals surface area contributed by atoms with Crippen LogP contribution >= 0.6 is 0 Å². The Morgan fingerprint density at radius 1 is 1.06 bits per heavy atom. The predicted molar refractivity (Wildman–Crippen MR) is 78.1 cm³/mol. The average Bonchev–Trinajstić information content (AvgIpc) is 2.61. The molecule has 1 aromatic rings. The molecule has 0 radical (unpaired) electrons. The fraction of sp³-hybridized carbons (Fsp3) is 0.625. The molecule has 0 fully saturated rings. The third-order valence-electron chi connectivity index (χ3n) is 3.77. The molecule has 0 aliphatic carbocycles. The van der Waals surface area contributed by atoms with Crippen LogP contribution in [-0.4, -0.2) is 37.6 Å². The first-order valence-electron chi connectivity index (χ1n) is 7.40. The van der Waals surface area contributed by atoms with Crippen LogP contribution in [0.1, 0.15) is 30.9 Å². The SMILES string of the molecule is CCCNCCCN1CCc2ccccc2CC1. The lowest BCUT2D eigenvalue weighted by atomic mass is 10.0. The van der Waals surface area contributed by atoms with Crippen molar-refractivity contribution in [3.8, 4) is 0 Å². The summed E-state index contributed by atoms with van der Waals surface area (Å²) < 4.78 is 0. The highest BCUT2D eigenvalue weighted by molar-refractivity contribution is 5.28. The van der Waals surface area contributed by atoms with Crippen LogP contribution in [0, 0.1) is 0 Å². The van der Waals surface area contributed by atoms with Crippen molar-refractivity contribution in [2.24, 2.45) is 0 Å². The zero-order valence-corrected chi connectivity index (χ0v) is 11.6. The van der Waals surface area contributed by atoms with Gasteiger partial charge in [-0.25, -0.2) is 0 Å². The van der Waals surface area contributed by atoms with Gasteiger partial charge in [0.05, 0.1) is 0 Å². The van der Waals surface area contributed by atoms with Crippen LogP contribution < -0.4 is 5.32 Å². The van der Waals surface area contributed by atoms with E-state index in [0.717, 1.165) is 13.1 Å². The molecular weight excluding hydrogens is 220 g/mol. The van der Waals surface area contributed by atoms with Crippen LogP contribution in [0.5, 0.6) is 0 Å². The maximum absolute atomic E-state index is 3.48. The minimum Gasteiger partial charge on any atom is -0.317 e. The number of hydrogen-bond donors (Lipinski definition) is 1. The maximum Gasteiger partial charge on any atom is 0.00221 e. The molecule has 1 aliphatic heterocycles. The molecule has 18 heavy (non-hydrogen) atoms. The van der Waals surface area contributed by atoms with Crippen molar-refractivity contribution >= 4 is 0 Å². The van der Waals surface area contributed by atoms with Gasteiger partial charge in [-0.2, -0.15) is 0 Å². The molecule has 100 valence electrons. The van der Waals surface area contributed by atoms with Gasteiger partial charge in [0.15, 0.2) is 0 Å². The molecule has 0 saturated carbocycles. The summed E-state index contributed by atoms with van der Waals surface area (Å²) in [5.74, 6) is 0. The number of benzene rings is 1. The van der Waals surface area contributed by atoms with Crippen molar-refractivity contribution in [1.29, 1.82) is 0 Å². The molecular formula is C16H26N2. The Morgan fingerprint density at radius 2 is 1.72 bits per heavy atom. The zero-order chi connectivity index (χ0) is 12.6. The first-order valence-corrected chi connectivity index (χ1v) is 7.40. The minimum absolute atomic E-state index is 1.16. The first-order chi connectivity index (χ1) is 8.90. The smallest absolute Gasteiger partial charge is 0.00221 e. The maximum atomic E-state index is 3.48. The van der Waals surface area contributed by atoms with Gasteiger partial charge < -0.3 is 10.2 Å². The molecule has 2 nitrogen and oxygen atoms in total. The summed E-state index contributed by atoms with van der Waals surface area (Å²) in [6.45, 7) is 8.24. The van der Waals surface area contributed by atoms with Gasteiger partial charge in [0.2, 0.25) is 0 Å². The van der Waals surface area contributed by atoms with E-state index in [0.29, 0.717) is 0 Å². The monoisotopic (exact) mass is 246 g/mol. The van der Waals surface area contributed by atoms with E-state index in [1.807, 2.05) is 0 Å². The molecule has 1 N–H and O–H groups in total. The molecule has 1 heterocycles. The van der Waals surface area contributed by atoms with Gasteiger partial charge in [-0.05, 0) is 56.4 Å². The third-order valence-corrected chi connectivity index (χ3v) is 3.77. The average molecular weight is 246 g/mol. The lowest BCUT2D eigenvalue weighted by Crippen LogP contribution is -2.30. The second-order valence-corrected chi connectivity index (χ2v) is 5.21. The highest BCUT2D eigenvalue weighted by Gasteiger charge is 2.12. The number of fused-ring (bicyclic) bond motifs is 1. The fourth-order valence-corrected chi connectivity index (χ4v) is 2.67. The fourth-order valence-electron chi connectivity index (χ4n) is 2.67. The molecule has 2 heteroatoms. The van der Waals surface area contributed by atoms with E-state index < -0.39 is 0 Å². The lowest BCUT2D eigenvalue weighted by Gasteiger charge is -2.19. The lowest BCUT2D eigenvalue weighted by molar-refractivity contribution is 0.282. The van der Waals surface area contributed by atoms with E-state index in [1.165, 1.54) is 45.3 Å². The van der Waals surface area contributed by atoms with Crippen molar-refractivity contribution in [3.63, 3.8) is 0 Å². The Balaban J connectivity index is 1.71. The van der Waals surface area contributed by atoms with E-state index >= 15 is 0 Å². The normalized spacial score (nSPS) is 16.3. The van der Waals surface area contributed by atoms with Crippen molar-refractivity contribution in [2.45, 2.75) is 32.6 Å². The van der Waals surface area contributed by atoms with Gasteiger partial charge >= 0.3 is 0 Å². The number of rotatable bonds is 6. The molecule has 0 aromatic heterocycles. The number of hydrogen-bond acceptors (Lipinski definition) is 2. The summed E-state index contributed by atoms with van der Waals surface area (Å²) in [4.78, 5) is 2.62. The Bertz CT molecular complexity index is 322. The van der Waals surface area contributed by atoms with Gasteiger partial charge in [0.1, 0.15) is 0 Å². The Hall–Kier alpha value is -0.860. The standard InChI is InChI=1S/C16H26N2/c1-2-10-17-11-5-12-18-13-8-15-6-3-4-7-16(15)9-14-18/h3-4,6-7,17H,2,5,8-14H2,1H3. The summed E-state index contributed by atoms with van der Waals surface area (Å²) in [6.07, 6.45) is 4.95. The third kappa shape index (κ3) is 4.11. The molecule has 0 amide bonds. The summed E-state index contributed by atoms with van der Waals surface area (Å²) in [6, 6.07) is 8.93. The number of nitrogens with zero attached hydrogens (tertiary/aromatic N) is 1.